The van der Waals surface area contributed by atoms with Gasteiger partial charge in [0.2, 0.25) is 5.78 Å². The van der Waals surface area contributed by atoms with E-state index in [1.165, 1.54) is 17.8 Å². The zero-order chi connectivity index (χ0) is 15.5. The average Bonchev–Trinajstić information content (AvgIpc) is 2.96. The fourth-order valence-electron chi connectivity index (χ4n) is 1.96. The first kappa shape index (κ1) is 13.7. The minimum absolute atomic E-state index is 0.182. The second kappa shape index (κ2) is 5.65. The maximum Gasteiger partial charge on any atom is 0.412 e. The Balaban J connectivity index is 1.93. The van der Waals surface area contributed by atoms with Gasteiger partial charge in [-0.1, -0.05) is 30.3 Å². The van der Waals surface area contributed by atoms with Crippen molar-refractivity contribution in [2.24, 2.45) is 0 Å². The lowest BCUT2D eigenvalue weighted by Gasteiger charge is -2.00. The number of hydrogen-bond acceptors (Lipinski definition) is 5. The number of benzene rings is 1. The zero-order valence-corrected chi connectivity index (χ0v) is 11.7. The lowest BCUT2D eigenvalue weighted by atomic mass is 10.1. The van der Waals surface area contributed by atoms with E-state index in [1.54, 1.807) is 36.4 Å². The van der Waals surface area contributed by atoms with Gasteiger partial charge in [-0.05, 0) is 12.1 Å². The fraction of sp³-hybridized carbons (Fsp3) is 0.0667. The van der Waals surface area contributed by atoms with Gasteiger partial charge in [-0.15, -0.1) is 0 Å². The van der Waals surface area contributed by atoms with Crippen LogP contribution in [0.4, 0.5) is 10.6 Å². The Morgan fingerprint density at radius 3 is 2.64 bits per heavy atom. The van der Waals surface area contributed by atoms with E-state index in [-0.39, 0.29) is 5.78 Å². The lowest BCUT2D eigenvalue weighted by molar-refractivity contribution is 0.103. The van der Waals surface area contributed by atoms with Crippen molar-refractivity contribution in [2.45, 2.75) is 0 Å². The first-order valence-corrected chi connectivity index (χ1v) is 6.48. The summed E-state index contributed by atoms with van der Waals surface area (Å²) >= 11 is 0. The number of anilines is 1. The number of fused-ring (bicyclic) bond motifs is 1. The molecule has 0 radical (unpaired) electrons. The van der Waals surface area contributed by atoms with Gasteiger partial charge in [-0.2, -0.15) is 5.10 Å². The molecule has 1 aromatic carbocycles. The topological polar surface area (TPSA) is 85.6 Å². The van der Waals surface area contributed by atoms with Crippen molar-refractivity contribution in [3.8, 4) is 0 Å². The fourth-order valence-corrected chi connectivity index (χ4v) is 1.96. The summed E-state index contributed by atoms with van der Waals surface area (Å²) < 4.78 is 5.93. The molecular formula is C15H12N4O3. The molecule has 1 N–H and O–H groups in total. The highest BCUT2D eigenvalue weighted by Crippen LogP contribution is 2.12. The van der Waals surface area contributed by atoms with Crippen molar-refractivity contribution in [1.82, 2.24) is 14.6 Å². The number of methoxy groups -OCH3 is 1. The maximum atomic E-state index is 12.3. The minimum atomic E-state index is -0.621. The molecule has 0 saturated carbocycles. The van der Waals surface area contributed by atoms with Crippen LogP contribution in [0, 0.1) is 0 Å². The predicted octanol–water partition coefficient (Wildman–Crippen LogP) is 2.14. The zero-order valence-electron chi connectivity index (χ0n) is 11.7. The molecule has 7 heteroatoms. The number of hydrogen-bond donors (Lipinski definition) is 1. The third-order valence-electron chi connectivity index (χ3n) is 3.00. The Bertz CT molecular complexity index is 842. The van der Waals surface area contributed by atoms with Gasteiger partial charge in [0.1, 0.15) is 5.69 Å². The highest BCUT2D eigenvalue weighted by molar-refractivity contribution is 6.07. The van der Waals surface area contributed by atoms with Gasteiger partial charge in [0.05, 0.1) is 13.3 Å². The van der Waals surface area contributed by atoms with Gasteiger partial charge in [-0.3, -0.25) is 10.1 Å². The summed E-state index contributed by atoms with van der Waals surface area (Å²) in [5.74, 6) is 0.113. The molecule has 2 aromatic heterocycles. The number of nitrogens with zero attached hydrogens (tertiary/aromatic N) is 3. The number of rotatable bonds is 3. The van der Waals surface area contributed by atoms with Crippen molar-refractivity contribution in [3.63, 3.8) is 0 Å². The van der Waals surface area contributed by atoms with Crippen molar-refractivity contribution in [1.29, 1.82) is 0 Å². The molecule has 3 aromatic rings. The lowest BCUT2D eigenvalue weighted by Crippen LogP contribution is -2.10. The van der Waals surface area contributed by atoms with Crippen molar-refractivity contribution in [3.05, 3.63) is 59.9 Å². The Kier molecular flexibility index (Phi) is 3.53. The third-order valence-corrected chi connectivity index (χ3v) is 3.00. The van der Waals surface area contributed by atoms with Gasteiger partial charge >= 0.3 is 6.09 Å². The van der Waals surface area contributed by atoms with Crippen LogP contribution in [-0.2, 0) is 4.74 Å². The summed E-state index contributed by atoms with van der Waals surface area (Å²) in [7, 11) is 1.26. The van der Waals surface area contributed by atoms with Crippen molar-refractivity contribution >= 4 is 23.3 Å². The molecule has 3 rings (SSSR count). The van der Waals surface area contributed by atoms with E-state index in [0.29, 0.717) is 22.7 Å². The van der Waals surface area contributed by atoms with Gasteiger partial charge in [-0.25, -0.2) is 14.3 Å². The van der Waals surface area contributed by atoms with Crippen molar-refractivity contribution < 1.29 is 14.3 Å². The second-order valence-corrected chi connectivity index (χ2v) is 4.46. The summed E-state index contributed by atoms with van der Waals surface area (Å²) in [5, 5.41) is 6.66. The van der Waals surface area contributed by atoms with Crippen LogP contribution in [0.1, 0.15) is 16.1 Å². The van der Waals surface area contributed by atoms with Crippen LogP contribution in [0.15, 0.2) is 48.7 Å². The number of carbonyl (C=O) groups excluding carboxylic acids is 2. The molecule has 0 fully saturated rings. The quantitative estimate of drug-likeness (QED) is 0.748. The Hall–Kier alpha value is -3.22. The molecule has 0 unspecified atom stereocenters. The molecular weight excluding hydrogens is 284 g/mol. The molecule has 0 aliphatic heterocycles. The first-order valence-electron chi connectivity index (χ1n) is 6.48. The van der Waals surface area contributed by atoms with Crippen LogP contribution in [-0.4, -0.2) is 33.6 Å². The number of ether oxygens (including phenoxy) is 1. The smallest absolute Gasteiger partial charge is 0.412 e. The van der Waals surface area contributed by atoms with Crippen LogP contribution in [0.25, 0.3) is 5.65 Å². The van der Waals surface area contributed by atoms with Gasteiger partial charge < -0.3 is 4.74 Å². The van der Waals surface area contributed by atoms with Gasteiger partial charge in [0.25, 0.3) is 0 Å². The Morgan fingerprint density at radius 2 is 1.91 bits per heavy atom. The second-order valence-electron chi connectivity index (χ2n) is 4.46. The molecule has 0 bridgehead atoms. The minimum Gasteiger partial charge on any atom is -0.453 e. The molecule has 2 heterocycles. The molecule has 0 spiro atoms. The van der Waals surface area contributed by atoms with E-state index in [4.69, 9.17) is 0 Å². The standard InChI is InChI=1S/C15H12N4O3/c1-22-15(21)17-12-9-19-13(16-12)8-7-11(18-19)14(20)10-5-3-2-4-6-10/h2-9H,1H3,(H,17,21). The number of carbonyl (C=O) groups is 2. The highest BCUT2D eigenvalue weighted by Gasteiger charge is 2.12. The number of imidazole rings is 1. The Labute approximate surface area is 125 Å². The van der Waals surface area contributed by atoms with Crippen molar-refractivity contribution in [2.75, 3.05) is 12.4 Å². The molecule has 1 amide bonds. The van der Waals surface area contributed by atoms with E-state index >= 15 is 0 Å². The summed E-state index contributed by atoms with van der Waals surface area (Å²) in [6.45, 7) is 0. The van der Waals surface area contributed by atoms with Crippen LogP contribution in [0.2, 0.25) is 0 Å². The SMILES string of the molecule is COC(=O)Nc1cn2nc(C(=O)c3ccccc3)ccc2n1. The summed E-state index contributed by atoms with van der Waals surface area (Å²) in [5.41, 5.74) is 1.36. The average molecular weight is 296 g/mol. The first-order chi connectivity index (χ1) is 10.7. The normalized spacial score (nSPS) is 10.4. The highest BCUT2D eigenvalue weighted by atomic mass is 16.5. The molecule has 0 aliphatic carbocycles. The van der Waals surface area contributed by atoms with E-state index in [1.807, 2.05) is 6.07 Å². The van der Waals surface area contributed by atoms with Crippen LogP contribution in [0.3, 0.4) is 0 Å². The molecule has 0 saturated heterocycles. The molecule has 22 heavy (non-hydrogen) atoms. The molecule has 7 nitrogen and oxygen atoms in total. The molecule has 110 valence electrons. The number of amides is 1. The summed E-state index contributed by atoms with van der Waals surface area (Å²) in [4.78, 5) is 27.6. The number of nitrogens with one attached hydrogen (secondary N) is 1. The van der Waals surface area contributed by atoms with Crippen LogP contribution < -0.4 is 5.32 Å². The van der Waals surface area contributed by atoms with Crippen LogP contribution >= 0.6 is 0 Å². The largest absolute Gasteiger partial charge is 0.453 e. The van der Waals surface area contributed by atoms with Gasteiger partial charge in [0.15, 0.2) is 11.5 Å². The van der Waals surface area contributed by atoms with E-state index < -0.39 is 6.09 Å². The monoisotopic (exact) mass is 296 g/mol. The number of ketones is 1. The molecule has 0 aliphatic rings. The summed E-state index contributed by atoms with van der Waals surface area (Å²) in [6.07, 6.45) is 0.887. The van der Waals surface area contributed by atoms with Gasteiger partial charge in [0, 0.05) is 5.56 Å². The summed E-state index contributed by atoms with van der Waals surface area (Å²) in [6, 6.07) is 12.1. The van der Waals surface area contributed by atoms with E-state index in [2.05, 4.69) is 20.1 Å². The molecule has 0 atom stereocenters. The number of aromatic nitrogens is 3. The predicted molar refractivity (Wildman–Crippen MR) is 78.9 cm³/mol. The third kappa shape index (κ3) is 2.64. The van der Waals surface area contributed by atoms with Crippen LogP contribution in [0.5, 0.6) is 0 Å². The van der Waals surface area contributed by atoms with E-state index in [9.17, 15) is 9.59 Å². The Morgan fingerprint density at radius 1 is 1.14 bits per heavy atom. The maximum absolute atomic E-state index is 12.3. The van der Waals surface area contributed by atoms with E-state index in [0.717, 1.165) is 0 Å².